The largest absolute Gasteiger partial charge is 0.493 e. The van der Waals surface area contributed by atoms with Crippen LogP contribution in [0.2, 0.25) is 10.0 Å². The normalized spacial score (nSPS) is 13.2. The first-order valence-electron chi connectivity index (χ1n) is 9.94. The lowest BCUT2D eigenvalue weighted by atomic mass is 10.2. The number of benzene rings is 3. The van der Waals surface area contributed by atoms with Crippen LogP contribution in [0.5, 0.6) is 5.75 Å². The molecule has 0 amide bonds. The van der Waals surface area contributed by atoms with Crippen molar-refractivity contribution in [3.63, 3.8) is 0 Å². The van der Waals surface area contributed by atoms with Crippen molar-refractivity contribution in [1.29, 1.82) is 0 Å². The number of imidazole rings is 1. The molecule has 0 bridgehead atoms. The van der Waals surface area contributed by atoms with Crippen molar-refractivity contribution in [3.05, 3.63) is 82.3 Å². The van der Waals surface area contributed by atoms with Crippen LogP contribution in [-0.4, -0.2) is 16.2 Å². The summed E-state index contributed by atoms with van der Waals surface area (Å²) in [5, 5.41) is 2.36. The van der Waals surface area contributed by atoms with Crippen LogP contribution in [0, 0.1) is 5.92 Å². The number of fused-ring (bicyclic) bond motifs is 1. The van der Waals surface area contributed by atoms with Crippen LogP contribution in [0.3, 0.4) is 0 Å². The van der Waals surface area contributed by atoms with E-state index in [1.165, 1.54) is 18.4 Å². The molecular formula is C24H21Cl3N2OS. The molecule has 160 valence electrons. The van der Waals surface area contributed by atoms with Crippen molar-refractivity contribution in [1.82, 2.24) is 9.55 Å². The second-order valence-corrected chi connectivity index (χ2v) is 9.34. The molecule has 1 aliphatic rings. The van der Waals surface area contributed by atoms with Crippen molar-refractivity contribution >= 4 is 58.4 Å². The molecule has 3 nitrogen and oxygen atoms in total. The number of nitrogens with zero attached hydrogens (tertiary/aromatic N) is 2. The van der Waals surface area contributed by atoms with E-state index in [0.717, 1.165) is 50.9 Å². The average molecular weight is 492 g/mol. The Hall–Kier alpha value is -1.85. The fourth-order valence-electron chi connectivity index (χ4n) is 3.30. The molecule has 1 heterocycles. The zero-order valence-corrected chi connectivity index (χ0v) is 19.8. The molecule has 0 radical (unpaired) electrons. The Kier molecular flexibility index (Phi) is 7.02. The third kappa shape index (κ3) is 5.32. The number of thioether (sulfide) groups is 1. The number of hydrogen-bond acceptors (Lipinski definition) is 3. The van der Waals surface area contributed by atoms with Crippen molar-refractivity contribution < 1.29 is 4.74 Å². The minimum atomic E-state index is 0. The van der Waals surface area contributed by atoms with Gasteiger partial charge < -0.3 is 4.74 Å². The maximum absolute atomic E-state index is 6.22. The van der Waals surface area contributed by atoms with Crippen LogP contribution in [0.25, 0.3) is 16.7 Å². The van der Waals surface area contributed by atoms with Crippen molar-refractivity contribution in [2.75, 3.05) is 6.61 Å². The van der Waals surface area contributed by atoms with Gasteiger partial charge in [0.15, 0.2) is 5.16 Å². The van der Waals surface area contributed by atoms with Crippen LogP contribution in [0.4, 0.5) is 0 Å². The fourth-order valence-corrected chi connectivity index (χ4v) is 4.57. The van der Waals surface area contributed by atoms with E-state index in [1.54, 1.807) is 11.8 Å². The van der Waals surface area contributed by atoms with Crippen LogP contribution in [0.1, 0.15) is 18.4 Å². The average Bonchev–Trinajstić information content (AvgIpc) is 3.52. The molecular weight excluding hydrogens is 471 g/mol. The Balaban J connectivity index is 0.00000231. The Bertz CT molecular complexity index is 1170. The monoisotopic (exact) mass is 490 g/mol. The van der Waals surface area contributed by atoms with E-state index in [-0.39, 0.29) is 12.4 Å². The minimum Gasteiger partial charge on any atom is -0.493 e. The fraction of sp³-hybridized carbons (Fsp3) is 0.208. The van der Waals surface area contributed by atoms with Gasteiger partial charge in [-0.1, -0.05) is 47.1 Å². The lowest BCUT2D eigenvalue weighted by Crippen LogP contribution is -2.00. The lowest BCUT2D eigenvalue weighted by molar-refractivity contribution is 0.300. The highest BCUT2D eigenvalue weighted by Gasteiger charge is 2.22. The molecule has 5 rings (SSSR count). The summed E-state index contributed by atoms with van der Waals surface area (Å²) in [6, 6.07) is 22.0. The Labute approximate surface area is 202 Å². The van der Waals surface area contributed by atoms with Gasteiger partial charge in [0, 0.05) is 21.5 Å². The van der Waals surface area contributed by atoms with Gasteiger partial charge in [0.05, 0.1) is 17.6 Å². The summed E-state index contributed by atoms with van der Waals surface area (Å²) < 4.78 is 8.07. The number of aromatic nitrogens is 2. The Morgan fingerprint density at radius 1 is 0.935 bits per heavy atom. The third-order valence-electron chi connectivity index (χ3n) is 5.14. The first kappa shape index (κ1) is 22.3. The van der Waals surface area contributed by atoms with Gasteiger partial charge in [0.1, 0.15) is 5.75 Å². The van der Waals surface area contributed by atoms with E-state index in [9.17, 15) is 0 Å². The van der Waals surface area contributed by atoms with Crippen LogP contribution in [0.15, 0.2) is 71.9 Å². The van der Waals surface area contributed by atoms with E-state index in [0.29, 0.717) is 5.02 Å². The molecule has 3 aromatic carbocycles. The standard InChI is InChI=1S/C24H20Cl2N2OS.ClH/c25-18-5-3-17(4-6-18)15-30-24-27-22-13-19(26)7-12-23(22)28(24)20-8-10-21(11-9-20)29-14-16-1-2-16;/h3-13,16H,1-2,14-15H2;1H. The number of ether oxygens (including phenoxy) is 1. The van der Waals surface area contributed by atoms with Crippen molar-refractivity contribution in [2.45, 2.75) is 23.8 Å². The van der Waals surface area contributed by atoms with Gasteiger partial charge in [0.2, 0.25) is 0 Å². The molecule has 1 saturated carbocycles. The Morgan fingerprint density at radius 3 is 2.35 bits per heavy atom. The SMILES string of the molecule is Cl.Clc1ccc(CSc2nc3cc(Cl)ccc3n2-c2ccc(OCC3CC3)cc2)cc1. The maximum Gasteiger partial charge on any atom is 0.174 e. The van der Waals surface area contributed by atoms with E-state index < -0.39 is 0 Å². The van der Waals surface area contributed by atoms with Gasteiger partial charge >= 0.3 is 0 Å². The predicted octanol–water partition coefficient (Wildman–Crippen LogP) is 7.84. The van der Waals surface area contributed by atoms with Gasteiger partial charge in [-0.2, -0.15) is 0 Å². The van der Waals surface area contributed by atoms with Gasteiger partial charge in [-0.25, -0.2) is 4.98 Å². The molecule has 31 heavy (non-hydrogen) atoms. The molecule has 1 fully saturated rings. The molecule has 7 heteroatoms. The minimum absolute atomic E-state index is 0. The van der Waals surface area contributed by atoms with E-state index in [1.807, 2.05) is 54.6 Å². The van der Waals surface area contributed by atoms with E-state index in [2.05, 4.69) is 16.7 Å². The molecule has 4 aromatic rings. The second kappa shape index (κ2) is 9.74. The summed E-state index contributed by atoms with van der Waals surface area (Å²) in [6.45, 7) is 0.814. The summed E-state index contributed by atoms with van der Waals surface area (Å²) in [4.78, 5) is 4.86. The highest BCUT2D eigenvalue weighted by molar-refractivity contribution is 7.98. The number of hydrogen-bond donors (Lipinski definition) is 0. The number of halogens is 3. The second-order valence-electron chi connectivity index (χ2n) is 7.53. The van der Waals surface area contributed by atoms with Crippen LogP contribution < -0.4 is 4.74 Å². The molecule has 0 aliphatic heterocycles. The molecule has 0 saturated heterocycles. The molecule has 0 atom stereocenters. The highest BCUT2D eigenvalue weighted by atomic mass is 35.5. The summed E-state index contributed by atoms with van der Waals surface area (Å²) in [7, 11) is 0. The summed E-state index contributed by atoms with van der Waals surface area (Å²) in [6.07, 6.45) is 2.58. The molecule has 1 aromatic heterocycles. The van der Waals surface area contributed by atoms with Gasteiger partial charge in [-0.15, -0.1) is 12.4 Å². The van der Waals surface area contributed by atoms with Gasteiger partial charge in [-0.05, 0) is 78.9 Å². The third-order valence-corrected chi connectivity index (χ3v) is 6.64. The van der Waals surface area contributed by atoms with Crippen molar-refractivity contribution in [2.24, 2.45) is 5.92 Å². The van der Waals surface area contributed by atoms with E-state index >= 15 is 0 Å². The van der Waals surface area contributed by atoms with Gasteiger partial charge in [0.25, 0.3) is 0 Å². The zero-order valence-electron chi connectivity index (χ0n) is 16.6. The maximum atomic E-state index is 6.22. The van der Waals surface area contributed by atoms with Crippen LogP contribution >= 0.6 is 47.4 Å². The zero-order chi connectivity index (χ0) is 20.5. The first-order valence-corrected chi connectivity index (χ1v) is 11.7. The summed E-state index contributed by atoms with van der Waals surface area (Å²) in [5.41, 5.74) is 4.17. The topological polar surface area (TPSA) is 27.1 Å². The predicted molar refractivity (Wildman–Crippen MR) is 133 cm³/mol. The van der Waals surface area contributed by atoms with Gasteiger partial charge in [-0.3, -0.25) is 4.57 Å². The Morgan fingerprint density at radius 2 is 1.65 bits per heavy atom. The quantitative estimate of drug-likeness (QED) is 0.246. The molecule has 1 aliphatic carbocycles. The first-order chi connectivity index (χ1) is 14.7. The highest BCUT2D eigenvalue weighted by Crippen LogP contribution is 2.33. The number of rotatable bonds is 7. The van der Waals surface area contributed by atoms with E-state index in [4.69, 9.17) is 32.9 Å². The smallest absolute Gasteiger partial charge is 0.174 e. The molecule has 0 unspecified atom stereocenters. The molecule has 0 spiro atoms. The van der Waals surface area contributed by atoms with Crippen molar-refractivity contribution in [3.8, 4) is 11.4 Å². The lowest BCUT2D eigenvalue weighted by Gasteiger charge is -2.11. The summed E-state index contributed by atoms with van der Waals surface area (Å²) in [5.74, 6) is 2.45. The van der Waals surface area contributed by atoms with Crippen LogP contribution in [-0.2, 0) is 5.75 Å². The summed E-state index contributed by atoms with van der Waals surface area (Å²) >= 11 is 13.9. The molecule has 0 N–H and O–H groups in total.